The Hall–Kier alpha value is -1.97. The Bertz CT molecular complexity index is 386. The van der Waals surface area contributed by atoms with Crippen molar-refractivity contribution in [2.45, 2.75) is 6.92 Å². The number of nitrogens with one attached hydrogen (secondary N) is 1. The van der Waals surface area contributed by atoms with Crippen molar-refractivity contribution < 1.29 is 9.47 Å². The molecule has 0 heterocycles. The van der Waals surface area contributed by atoms with Crippen molar-refractivity contribution in [3.63, 3.8) is 0 Å². The minimum Gasteiger partial charge on any atom is -0.496 e. The molecule has 1 rings (SSSR count). The zero-order valence-electron chi connectivity index (χ0n) is 8.78. The van der Waals surface area contributed by atoms with E-state index in [0.29, 0.717) is 17.2 Å². The SMILES string of the molecule is C/C=C(\OC=N)c1ccc(N)cc1OC. The Balaban J connectivity index is 3.17. The topological polar surface area (TPSA) is 68.3 Å². The van der Waals surface area contributed by atoms with Crippen molar-refractivity contribution in [2.24, 2.45) is 0 Å². The first-order valence-electron chi connectivity index (χ1n) is 4.48. The minimum atomic E-state index is 0.571. The van der Waals surface area contributed by atoms with Gasteiger partial charge >= 0.3 is 0 Å². The normalized spacial score (nSPS) is 10.9. The maximum Gasteiger partial charge on any atom is 0.173 e. The molecular weight excluding hydrogens is 192 g/mol. The van der Waals surface area contributed by atoms with Crippen molar-refractivity contribution in [1.29, 1.82) is 5.41 Å². The average molecular weight is 206 g/mol. The van der Waals surface area contributed by atoms with Gasteiger partial charge in [-0.05, 0) is 25.1 Å². The maximum absolute atomic E-state index is 6.90. The molecule has 1 aromatic rings. The van der Waals surface area contributed by atoms with Crippen LogP contribution in [0, 0.1) is 5.41 Å². The molecule has 0 aromatic heterocycles. The highest BCUT2D eigenvalue weighted by atomic mass is 16.5. The molecular formula is C11H14N2O2. The van der Waals surface area contributed by atoms with Crippen LogP contribution in [0.5, 0.6) is 5.75 Å². The smallest absolute Gasteiger partial charge is 0.173 e. The summed E-state index contributed by atoms with van der Waals surface area (Å²) in [5, 5.41) is 6.90. The van der Waals surface area contributed by atoms with Gasteiger partial charge in [-0.15, -0.1) is 0 Å². The average Bonchev–Trinajstić information content (AvgIpc) is 2.26. The Morgan fingerprint density at radius 3 is 2.73 bits per heavy atom. The number of allylic oxidation sites excluding steroid dienone is 1. The van der Waals surface area contributed by atoms with Crippen LogP contribution in [0.25, 0.3) is 5.76 Å². The molecule has 0 aliphatic rings. The lowest BCUT2D eigenvalue weighted by Gasteiger charge is -2.10. The molecule has 0 aliphatic heterocycles. The summed E-state index contributed by atoms with van der Waals surface area (Å²) in [6.07, 6.45) is 2.64. The van der Waals surface area contributed by atoms with E-state index in [9.17, 15) is 0 Å². The van der Waals surface area contributed by atoms with E-state index in [-0.39, 0.29) is 0 Å². The molecule has 0 unspecified atom stereocenters. The predicted octanol–water partition coefficient (Wildman–Crippen LogP) is 2.26. The van der Waals surface area contributed by atoms with E-state index in [1.165, 1.54) is 0 Å². The standard InChI is InChI=1S/C11H14N2O2/c1-3-10(15-7-12)9-5-4-8(13)6-11(9)14-2/h3-7,12H,13H2,1-2H3/b10-3-,12-7?. The molecule has 4 heteroatoms. The van der Waals surface area contributed by atoms with Crippen molar-refractivity contribution in [2.75, 3.05) is 12.8 Å². The highest BCUT2D eigenvalue weighted by Crippen LogP contribution is 2.28. The third kappa shape index (κ3) is 2.49. The zero-order chi connectivity index (χ0) is 11.3. The number of ether oxygens (including phenoxy) is 2. The maximum atomic E-state index is 6.90. The Kier molecular flexibility index (Phi) is 3.74. The molecule has 0 spiro atoms. The summed E-state index contributed by atoms with van der Waals surface area (Å²) in [7, 11) is 1.57. The summed E-state index contributed by atoms with van der Waals surface area (Å²) in [6.45, 7) is 1.83. The monoisotopic (exact) mass is 206 g/mol. The molecule has 15 heavy (non-hydrogen) atoms. The van der Waals surface area contributed by atoms with Crippen LogP contribution >= 0.6 is 0 Å². The van der Waals surface area contributed by atoms with E-state index in [1.54, 1.807) is 31.4 Å². The highest BCUT2D eigenvalue weighted by molar-refractivity contribution is 5.72. The second kappa shape index (κ2) is 5.05. The number of anilines is 1. The Labute approximate surface area is 88.8 Å². The van der Waals surface area contributed by atoms with Gasteiger partial charge in [-0.1, -0.05) is 0 Å². The van der Waals surface area contributed by atoms with E-state index in [1.807, 2.05) is 6.92 Å². The summed E-state index contributed by atoms with van der Waals surface area (Å²) in [5.41, 5.74) is 7.03. The van der Waals surface area contributed by atoms with Gasteiger partial charge < -0.3 is 15.2 Å². The number of rotatable bonds is 4. The van der Waals surface area contributed by atoms with Gasteiger partial charge in [0.15, 0.2) is 6.40 Å². The van der Waals surface area contributed by atoms with E-state index in [2.05, 4.69) is 0 Å². The summed E-state index contributed by atoms with van der Waals surface area (Å²) < 4.78 is 10.2. The van der Waals surface area contributed by atoms with Crippen LogP contribution in [-0.2, 0) is 4.74 Å². The molecule has 0 saturated carbocycles. The number of benzene rings is 1. The van der Waals surface area contributed by atoms with E-state index >= 15 is 0 Å². The quantitative estimate of drug-likeness (QED) is 0.343. The third-order valence-corrected chi connectivity index (χ3v) is 1.94. The fourth-order valence-electron chi connectivity index (χ4n) is 1.26. The first-order valence-corrected chi connectivity index (χ1v) is 4.48. The van der Waals surface area contributed by atoms with Gasteiger partial charge in [0.1, 0.15) is 11.5 Å². The van der Waals surface area contributed by atoms with Gasteiger partial charge in [-0.25, -0.2) is 0 Å². The molecule has 0 radical (unpaired) electrons. The lowest BCUT2D eigenvalue weighted by atomic mass is 10.1. The van der Waals surface area contributed by atoms with E-state index < -0.39 is 0 Å². The second-order valence-electron chi connectivity index (χ2n) is 2.85. The largest absolute Gasteiger partial charge is 0.496 e. The summed E-state index contributed by atoms with van der Waals surface area (Å²) in [5.74, 6) is 1.20. The molecule has 0 saturated heterocycles. The fourth-order valence-corrected chi connectivity index (χ4v) is 1.26. The number of nitrogens with two attached hydrogens (primary N) is 1. The van der Waals surface area contributed by atoms with Crippen molar-refractivity contribution >= 4 is 17.8 Å². The van der Waals surface area contributed by atoms with Crippen LogP contribution in [0.2, 0.25) is 0 Å². The molecule has 0 atom stereocenters. The zero-order valence-corrected chi connectivity index (χ0v) is 8.78. The molecule has 1 aromatic carbocycles. The Morgan fingerprint density at radius 2 is 2.20 bits per heavy atom. The molecule has 0 bridgehead atoms. The van der Waals surface area contributed by atoms with Crippen molar-refractivity contribution in [3.05, 3.63) is 29.8 Å². The fraction of sp³-hybridized carbons (Fsp3) is 0.182. The van der Waals surface area contributed by atoms with Crippen LogP contribution in [0.1, 0.15) is 12.5 Å². The minimum absolute atomic E-state index is 0.571. The third-order valence-electron chi connectivity index (χ3n) is 1.94. The first-order chi connectivity index (χ1) is 7.22. The van der Waals surface area contributed by atoms with Gasteiger partial charge in [0.05, 0.1) is 12.7 Å². The molecule has 4 nitrogen and oxygen atoms in total. The van der Waals surface area contributed by atoms with Crippen LogP contribution in [-0.4, -0.2) is 13.5 Å². The van der Waals surface area contributed by atoms with Crippen molar-refractivity contribution in [1.82, 2.24) is 0 Å². The van der Waals surface area contributed by atoms with Crippen LogP contribution in [0.3, 0.4) is 0 Å². The summed E-state index contributed by atoms with van der Waals surface area (Å²) in [6, 6.07) is 5.27. The van der Waals surface area contributed by atoms with Gasteiger partial charge in [0.2, 0.25) is 0 Å². The number of hydrogen-bond acceptors (Lipinski definition) is 4. The molecule has 0 fully saturated rings. The van der Waals surface area contributed by atoms with Crippen LogP contribution < -0.4 is 10.5 Å². The van der Waals surface area contributed by atoms with Gasteiger partial charge in [0, 0.05) is 11.8 Å². The van der Waals surface area contributed by atoms with Crippen molar-refractivity contribution in [3.8, 4) is 5.75 Å². The molecule has 0 aliphatic carbocycles. The summed E-state index contributed by atoms with van der Waals surface area (Å²) >= 11 is 0. The van der Waals surface area contributed by atoms with E-state index in [4.69, 9.17) is 20.6 Å². The van der Waals surface area contributed by atoms with Gasteiger partial charge in [0.25, 0.3) is 0 Å². The lowest BCUT2D eigenvalue weighted by molar-refractivity contribution is 0.409. The number of methoxy groups -OCH3 is 1. The van der Waals surface area contributed by atoms with Gasteiger partial charge in [-0.2, -0.15) is 0 Å². The van der Waals surface area contributed by atoms with E-state index in [0.717, 1.165) is 12.0 Å². The number of nitrogen functional groups attached to an aromatic ring is 1. The van der Waals surface area contributed by atoms with Crippen LogP contribution in [0.4, 0.5) is 5.69 Å². The summed E-state index contributed by atoms with van der Waals surface area (Å²) in [4.78, 5) is 0. The molecule has 0 amide bonds. The molecule has 3 N–H and O–H groups in total. The number of hydrogen-bond donors (Lipinski definition) is 2. The molecule has 80 valence electrons. The predicted molar refractivity (Wildman–Crippen MR) is 60.9 cm³/mol. The van der Waals surface area contributed by atoms with Gasteiger partial charge in [-0.3, -0.25) is 5.41 Å². The Morgan fingerprint density at radius 1 is 1.47 bits per heavy atom. The second-order valence-corrected chi connectivity index (χ2v) is 2.85. The lowest BCUT2D eigenvalue weighted by Crippen LogP contribution is -1.96. The highest BCUT2D eigenvalue weighted by Gasteiger charge is 2.08. The first kappa shape index (κ1) is 11.1. The van der Waals surface area contributed by atoms with Crippen LogP contribution in [0.15, 0.2) is 24.3 Å².